The Bertz CT molecular complexity index is 540. The summed E-state index contributed by atoms with van der Waals surface area (Å²) in [5.41, 5.74) is 0. The number of rotatable bonds is 31. The molecule has 0 atom stereocenters. The highest BCUT2D eigenvalue weighted by Crippen LogP contribution is 2.18. The fraction of sp³-hybridized carbons (Fsp3) is 0.857. The number of carbonyl (C=O) groups excluding carboxylic acids is 1. The Morgan fingerprint density at radius 2 is 0.950 bits per heavy atom. The molecule has 0 unspecified atom stereocenters. The first-order valence-electron chi connectivity index (χ1n) is 17.0. The smallest absolute Gasteiger partial charge is 0.306 e. The first-order valence-corrected chi connectivity index (χ1v) is 17.0. The molecular formula is C35H67NO4. The van der Waals surface area contributed by atoms with Crippen LogP contribution in [0, 0.1) is 0 Å². The second-order valence-electron chi connectivity index (χ2n) is 11.8. The van der Waals surface area contributed by atoms with Crippen LogP contribution in [-0.2, 0) is 9.53 Å². The van der Waals surface area contributed by atoms with Crippen molar-refractivity contribution in [1.29, 1.82) is 0 Å². The highest BCUT2D eigenvalue weighted by atomic mass is 16.5. The lowest BCUT2D eigenvalue weighted by Gasteiger charge is -2.18. The second kappa shape index (κ2) is 32.3. The zero-order valence-electron chi connectivity index (χ0n) is 26.6. The molecule has 5 nitrogen and oxygen atoms in total. The van der Waals surface area contributed by atoms with Crippen molar-refractivity contribution in [1.82, 2.24) is 4.90 Å². The van der Waals surface area contributed by atoms with E-state index < -0.39 is 0 Å². The van der Waals surface area contributed by atoms with Gasteiger partial charge in [0, 0.05) is 19.6 Å². The lowest BCUT2D eigenvalue weighted by molar-refractivity contribution is -0.150. The lowest BCUT2D eigenvalue weighted by Crippen LogP contribution is -2.20. The number of nitrogens with zero attached hydrogens (tertiary/aromatic N) is 1. The Morgan fingerprint density at radius 3 is 1.35 bits per heavy atom. The van der Waals surface area contributed by atoms with Gasteiger partial charge in [-0.05, 0) is 117 Å². The van der Waals surface area contributed by atoms with Gasteiger partial charge in [0.1, 0.15) is 6.10 Å². The van der Waals surface area contributed by atoms with E-state index in [1.165, 1.54) is 77.0 Å². The van der Waals surface area contributed by atoms with Gasteiger partial charge in [0.25, 0.3) is 0 Å². The van der Waals surface area contributed by atoms with E-state index in [-0.39, 0.29) is 12.1 Å². The van der Waals surface area contributed by atoms with E-state index in [0.29, 0.717) is 19.6 Å². The van der Waals surface area contributed by atoms with Crippen molar-refractivity contribution in [3.05, 3.63) is 24.3 Å². The highest BCUT2D eigenvalue weighted by molar-refractivity contribution is 5.69. The predicted molar refractivity (Wildman–Crippen MR) is 172 cm³/mol. The van der Waals surface area contributed by atoms with Gasteiger partial charge in [-0.15, -0.1) is 0 Å². The molecule has 236 valence electrons. The lowest BCUT2D eigenvalue weighted by atomic mass is 10.0. The number of esters is 1. The Kier molecular flexibility index (Phi) is 31.4. The number of aliphatic hydroxyl groups excluding tert-OH is 2. The van der Waals surface area contributed by atoms with Gasteiger partial charge in [0.2, 0.25) is 0 Å². The van der Waals surface area contributed by atoms with Crippen LogP contribution in [0.4, 0.5) is 0 Å². The molecular weight excluding hydrogens is 498 g/mol. The first-order chi connectivity index (χ1) is 19.6. The largest absolute Gasteiger partial charge is 0.462 e. The molecule has 5 heteroatoms. The monoisotopic (exact) mass is 566 g/mol. The quantitative estimate of drug-likeness (QED) is 0.0499. The number of allylic oxidation sites excluding steroid dienone is 4. The Hall–Kier alpha value is -1.17. The summed E-state index contributed by atoms with van der Waals surface area (Å²) in [4.78, 5) is 14.5. The van der Waals surface area contributed by atoms with E-state index >= 15 is 0 Å². The molecule has 2 N–H and O–H groups in total. The van der Waals surface area contributed by atoms with Gasteiger partial charge in [0.05, 0.1) is 0 Å². The third-order valence-electron chi connectivity index (χ3n) is 7.47. The molecule has 0 heterocycles. The van der Waals surface area contributed by atoms with Gasteiger partial charge in [0.15, 0.2) is 0 Å². The highest BCUT2D eigenvalue weighted by Gasteiger charge is 2.14. The molecule has 40 heavy (non-hydrogen) atoms. The molecule has 0 bridgehead atoms. The van der Waals surface area contributed by atoms with Crippen molar-refractivity contribution >= 4 is 5.97 Å². The van der Waals surface area contributed by atoms with Crippen LogP contribution in [-0.4, -0.2) is 61.0 Å². The van der Waals surface area contributed by atoms with Gasteiger partial charge in [-0.3, -0.25) is 4.79 Å². The third kappa shape index (κ3) is 31.4. The summed E-state index contributed by atoms with van der Waals surface area (Å²) in [6, 6.07) is 0. The third-order valence-corrected chi connectivity index (χ3v) is 7.47. The number of carbonyl (C=O) groups is 1. The SMILES string of the molecule is CN(C)CCCC(=O)OC(CCCCCCCC/C=C\CCCCO)CCCCCCCC/C=C\CCCCO. The van der Waals surface area contributed by atoms with E-state index in [4.69, 9.17) is 14.9 Å². The minimum Gasteiger partial charge on any atom is -0.462 e. The van der Waals surface area contributed by atoms with Crippen molar-refractivity contribution in [3.8, 4) is 0 Å². The second-order valence-corrected chi connectivity index (χ2v) is 11.8. The molecule has 0 radical (unpaired) electrons. The summed E-state index contributed by atoms with van der Waals surface area (Å²) >= 11 is 0. The van der Waals surface area contributed by atoms with E-state index in [1.54, 1.807) is 0 Å². The molecule has 0 aromatic carbocycles. The van der Waals surface area contributed by atoms with Crippen LogP contribution >= 0.6 is 0 Å². The fourth-order valence-electron chi connectivity index (χ4n) is 4.95. The molecule has 0 aromatic heterocycles. The Balaban J connectivity index is 4.00. The summed E-state index contributed by atoms with van der Waals surface area (Å²) in [5, 5.41) is 17.6. The summed E-state index contributed by atoms with van der Waals surface area (Å²) in [7, 11) is 4.09. The van der Waals surface area contributed by atoms with E-state index in [2.05, 4.69) is 29.2 Å². The zero-order valence-corrected chi connectivity index (χ0v) is 26.6. The van der Waals surface area contributed by atoms with Crippen molar-refractivity contribution < 1.29 is 19.7 Å². The minimum absolute atomic E-state index is 0.0133. The number of aliphatic hydroxyl groups is 2. The van der Waals surface area contributed by atoms with Crippen LogP contribution in [0.3, 0.4) is 0 Å². The average molecular weight is 566 g/mol. The van der Waals surface area contributed by atoms with Gasteiger partial charge in [-0.2, -0.15) is 0 Å². The molecule has 0 spiro atoms. The van der Waals surface area contributed by atoms with Crippen LogP contribution in [0.15, 0.2) is 24.3 Å². The van der Waals surface area contributed by atoms with E-state index in [1.807, 2.05) is 14.1 Å². The maximum atomic E-state index is 12.4. The molecule has 0 aliphatic carbocycles. The van der Waals surface area contributed by atoms with Crippen LogP contribution in [0.25, 0.3) is 0 Å². The van der Waals surface area contributed by atoms with Crippen LogP contribution in [0.2, 0.25) is 0 Å². The molecule has 0 amide bonds. The Labute approximate surface area is 248 Å². The maximum Gasteiger partial charge on any atom is 0.306 e. The van der Waals surface area contributed by atoms with Gasteiger partial charge < -0.3 is 19.8 Å². The van der Waals surface area contributed by atoms with E-state index in [9.17, 15) is 4.79 Å². The molecule has 0 rings (SSSR count). The van der Waals surface area contributed by atoms with Crippen LogP contribution < -0.4 is 0 Å². The summed E-state index contributed by atoms with van der Waals surface area (Å²) in [5.74, 6) is -0.0133. The van der Waals surface area contributed by atoms with Crippen molar-refractivity contribution in [2.24, 2.45) is 0 Å². The summed E-state index contributed by atoms with van der Waals surface area (Å²) in [6.45, 7) is 1.54. The zero-order chi connectivity index (χ0) is 29.4. The number of hydrogen-bond acceptors (Lipinski definition) is 5. The van der Waals surface area contributed by atoms with Crippen molar-refractivity contribution in [2.75, 3.05) is 33.9 Å². The molecule has 0 saturated carbocycles. The van der Waals surface area contributed by atoms with Crippen LogP contribution in [0.1, 0.15) is 154 Å². The topological polar surface area (TPSA) is 70.0 Å². The molecule has 0 aliphatic heterocycles. The summed E-state index contributed by atoms with van der Waals surface area (Å²) in [6.07, 6.45) is 36.3. The molecule has 0 aliphatic rings. The molecule has 0 fully saturated rings. The van der Waals surface area contributed by atoms with Gasteiger partial charge in [-0.1, -0.05) is 75.7 Å². The maximum absolute atomic E-state index is 12.4. The Morgan fingerprint density at radius 1 is 0.575 bits per heavy atom. The van der Waals surface area contributed by atoms with Crippen molar-refractivity contribution in [2.45, 2.75) is 160 Å². The first kappa shape index (κ1) is 38.8. The molecule has 0 aromatic rings. The number of unbranched alkanes of at least 4 members (excludes halogenated alkanes) is 16. The average Bonchev–Trinajstić information content (AvgIpc) is 2.93. The fourth-order valence-corrected chi connectivity index (χ4v) is 4.95. The van der Waals surface area contributed by atoms with Crippen molar-refractivity contribution in [3.63, 3.8) is 0 Å². The molecule has 0 saturated heterocycles. The number of hydrogen-bond donors (Lipinski definition) is 2. The summed E-state index contributed by atoms with van der Waals surface area (Å²) < 4.78 is 5.95. The standard InChI is InChI=1S/C35H67NO4/c1-36(2)31-27-30-35(39)40-34(28-23-19-15-11-7-3-5-9-13-17-21-25-32-37)29-24-20-16-12-8-4-6-10-14-18-22-26-33-38/h9-10,13-14,34,37-38H,3-8,11-12,15-33H2,1-2H3/b13-9-,14-10-. The van der Waals surface area contributed by atoms with Crippen LogP contribution in [0.5, 0.6) is 0 Å². The van der Waals surface area contributed by atoms with E-state index in [0.717, 1.165) is 77.2 Å². The number of ether oxygens (including phenoxy) is 1. The predicted octanol–water partition coefficient (Wildman–Crippen LogP) is 8.92. The van der Waals surface area contributed by atoms with Gasteiger partial charge >= 0.3 is 5.97 Å². The minimum atomic E-state index is -0.0133. The van der Waals surface area contributed by atoms with Gasteiger partial charge in [-0.25, -0.2) is 0 Å². The normalized spacial score (nSPS) is 12.1.